The molecule has 1 heterocycles. The monoisotopic (exact) mass is 772 g/mol. The molecule has 2 nitrogen and oxygen atoms in total. The topological polar surface area (TPSA) is 16.1 Å². The summed E-state index contributed by atoms with van der Waals surface area (Å²) in [7, 11) is 0. The maximum absolute atomic E-state index is 5.02. The van der Waals surface area contributed by atoms with Crippen molar-refractivity contribution in [2.24, 2.45) is 0 Å². The zero-order chi connectivity index (χ0) is 41.0. The van der Waals surface area contributed by atoms with Crippen molar-refractivity contribution in [2.75, 3.05) is 4.90 Å². The minimum absolute atomic E-state index is 0.0156. The number of anilines is 3. The molecule has 0 radical (unpaired) electrons. The number of rotatable bonds is 4. The van der Waals surface area contributed by atoms with Crippen LogP contribution >= 0.6 is 0 Å². The number of pyridine rings is 1. The van der Waals surface area contributed by atoms with Gasteiger partial charge >= 0.3 is 0 Å². The lowest BCUT2D eigenvalue weighted by Crippen LogP contribution is -2.27. The molecule has 11 rings (SSSR count). The van der Waals surface area contributed by atoms with E-state index in [9.17, 15) is 0 Å². The molecular weight excluding hydrogens is 725 g/mol. The lowest BCUT2D eigenvalue weighted by Gasteiger charge is -2.34. The molecule has 0 unspecified atom stereocenters. The third-order valence-electron chi connectivity index (χ3n) is 13.2. The van der Waals surface area contributed by atoms with Gasteiger partial charge in [-0.2, -0.15) is 0 Å². The molecule has 8 aromatic carbocycles. The van der Waals surface area contributed by atoms with Crippen LogP contribution in [-0.4, -0.2) is 4.98 Å². The Kier molecular flexibility index (Phi) is 7.94. The van der Waals surface area contributed by atoms with Crippen LogP contribution in [0.3, 0.4) is 0 Å². The fourth-order valence-electron chi connectivity index (χ4n) is 10.2. The Morgan fingerprint density at radius 3 is 1.65 bits per heavy atom. The highest BCUT2D eigenvalue weighted by atomic mass is 15.1. The van der Waals surface area contributed by atoms with E-state index >= 15 is 0 Å². The van der Waals surface area contributed by atoms with Crippen molar-refractivity contribution in [3.05, 3.63) is 216 Å². The Labute approximate surface area is 353 Å². The molecule has 0 saturated carbocycles. The van der Waals surface area contributed by atoms with Crippen molar-refractivity contribution in [1.29, 1.82) is 0 Å². The Bertz CT molecular complexity index is 3100. The van der Waals surface area contributed by atoms with E-state index in [1.807, 2.05) is 12.3 Å². The molecule has 0 atom stereocenters. The van der Waals surface area contributed by atoms with E-state index in [0.717, 1.165) is 38.7 Å². The number of nitrogens with zero attached hydrogens (tertiary/aromatic N) is 2. The van der Waals surface area contributed by atoms with E-state index in [-0.39, 0.29) is 10.8 Å². The van der Waals surface area contributed by atoms with Crippen LogP contribution in [0, 0.1) is 0 Å². The maximum atomic E-state index is 5.02. The molecule has 0 bridgehead atoms. The number of hydrogen-bond donors (Lipinski definition) is 0. The molecule has 0 saturated heterocycles. The maximum Gasteiger partial charge on any atom is 0.0801 e. The van der Waals surface area contributed by atoms with Gasteiger partial charge in [0.25, 0.3) is 0 Å². The van der Waals surface area contributed by atoms with Crippen LogP contribution in [0.5, 0.6) is 0 Å². The summed E-state index contributed by atoms with van der Waals surface area (Å²) in [6.07, 6.45) is 1.92. The molecule has 1 aromatic heterocycles. The van der Waals surface area contributed by atoms with Gasteiger partial charge in [0.05, 0.1) is 16.6 Å². The summed E-state index contributed by atoms with van der Waals surface area (Å²) in [5, 5.41) is 3.43. The van der Waals surface area contributed by atoms with Gasteiger partial charge in [0.15, 0.2) is 0 Å². The molecule has 0 fully saturated rings. The Morgan fingerprint density at radius 2 is 0.967 bits per heavy atom. The predicted molar refractivity (Wildman–Crippen MR) is 253 cm³/mol. The first-order valence-electron chi connectivity index (χ1n) is 21.3. The Balaban J connectivity index is 1.22. The standard InChI is InChI=1S/C58H48N2/c1-56(2,3)41-25-30-46-47-31-26-42(57(4,5)6)35-51(47)58(50(46)34-41)49-19-11-10-18-45(49)48-32-29-44(36-52(48)58)60(43-27-23-38(24-28-43)37-14-8-7-9-15-37)53-20-12-16-39-21-22-40-17-13-33-59-55(40)54(39)53/h7-36H,1-6H3. The highest BCUT2D eigenvalue weighted by molar-refractivity contribution is 6.13. The van der Waals surface area contributed by atoms with E-state index in [1.165, 1.54) is 66.8 Å². The molecule has 2 aliphatic rings. The van der Waals surface area contributed by atoms with Gasteiger partial charge in [-0.05, 0) is 119 Å². The van der Waals surface area contributed by atoms with Crippen LogP contribution in [0.25, 0.3) is 55.1 Å². The molecule has 9 aromatic rings. The SMILES string of the molecule is CC(C)(C)c1ccc2c(c1)C1(c3ccccc3-c3ccc(N(c4ccc(-c5ccccc5)cc4)c4cccc5ccc6cccnc6c45)cc31)c1cc(C(C)(C)C)ccc1-2. The molecule has 0 aliphatic heterocycles. The summed E-state index contributed by atoms with van der Waals surface area (Å²) >= 11 is 0. The molecule has 2 aliphatic carbocycles. The third-order valence-corrected chi connectivity index (χ3v) is 13.2. The smallest absolute Gasteiger partial charge is 0.0801 e. The molecule has 2 heteroatoms. The second-order valence-electron chi connectivity index (χ2n) is 18.8. The van der Waals surface area contributed by atoms with Crippen LogP contribution in [0.1, 0.15) is 74.9 Å². The highest BCUT2D eigenvalue weighted by Gasteiger charge is 2.52. The van der Waals surface area contributed by atoms with E-state index in [0.29, 0.717) is 0 Å². The molecule has 290 valence electrons. The highest BCUT2D eigenvalue weighted by Crippen LogP contribution is 2.64. The van der Waals surface area contributed by atoms with E-state index in [1.54, 1.807) is 0 Å². The average Bonchev–Trinajstić information content (AvgIpc) is 3.73. The quantitative estimate of drug-likeness (QED) is 0.166. The molecule has 60 heavy (non-hydrogen) atoms. The predicted octanol–water partition coefficient (Wildman–Crippen LogP) is 15.5. The van der Waals surface area contributed by atoms with Gasteiger partial charge in [-0.15, -0.1) is 0 Å². The zero-order valence-corrected chi connectivity index (χ0v) is 35.2. The van der Waals surface area contributed by atoms with Gasteiger partial charge in [-0.25, -0.2) is 0 Å². The normalized spacial score (nSPS) is 13.6. The first kappa shape index (κ1) is 36.3. The summed E-state index contributed by atoms with van der Waals surface area (Å²) in [5.74, 6) is 0. The summed E-state index contributed by atoms with van der Waals surface area (Å²) < 4.78 is 0. The van der Waals surface area contributed by atoms with E-state index in [2.05, 4.69) is 216 Å². The fourth-order valence-corrected chi connectivity index (χ4v) is 10.2. The first-order chi connectivity index (χ1) is 29.0. The summed E-state index contributed by atoms with van der Waals surface area (Å²) in [6, 6.07) is 66.0. The van der Waals surface area contributed by atoms with Crippen molar-refractivity contribution < 1.29 is 0 Å². The lowest BCUT2D eigenvalue weighted by atomic mass is 9.68. The number of aromatic nitrogens is 1. The number of hydrogen-bond acceptors (Lipinski definition) is 2. The van der Waals surface area contributed by atoms with Crippen molar-refractivity contribution in [3.63, 3.8) is 0 Å². The molecular formula is C58H48N2. The number of fused-ring (bicyclic) bond motifs is 13. The van der Waals surface area contributed by atoms with Gasteiger partial charge in [0, 0.05) is 28.3 Å². The third kappa shape index (κ3) is 5.36. The second kappa shape index (κ2) is 13.1. The summed E-state index contributed by atoms with van der Waals surface area (Å²) in [5.41, 5.74) is 19.5. The minimum Gasteiger partial charge on any atom is -0.310 e. The van der Waals surface area contributed by atoms with Crippen LogP contribution in [0.4, 0.5) is 17.1 Å². The van der Waals surface area contributed by atoms with Gasteiger partial charge in [0.2, 0.25) is 0 Å². The van der Waals surface area contributed by atoms with Crippen LogP contribution in [-0.2, 0) is 16.2 Å². The average molecular weight is 773 g/mol. The van der Waals surface area contributed by atoms with Crippen molar-refractivity contribution in [3.8, 4) is 33.4 Å². The first-order valence-corrected chi connectivity index (χ1v) is 21.3. The van der Waals surface area contributed by atoms with E-state index in [4.69, 9.17) is 4.98 Å². The van der Waals surface area contributed by atoms with Gasteiger partial charge in [0.1, 0.15) is 0 Å². The summed E-state index contributed by atoms with van der Waals surface area (Å²) in [6.45, 7) is 14.0. The molecule has 0 amide bonds. The van der Waals surface area contributed by atoms with E-state index < -0.39 is 5.41 Å². The van der Waals surface area contributed by atoms with Crippen molar-refractivity contribution in [1.82, 2.24) is 4.98 Å². The summed E-state index contributed by atoms with van der Waals surface area (Å²) in [4.78, 5) is 7.48. The van der Waals surface area contributed by atoms with Crippen molar-refractivity contribution >= 4 is 38.7 Å². The van der Waals surface area contributed by atoms with Gasteiger partial charge in [-0.3, -0.25) is 4.98 Å². The Morgan fingerprint density at radius 1 is 0.417 bits per heavy atom. The van der Waals surface area contributed by atoms with Gasteiger partial charge in [-0.1, -0.05) is 181 Å². The number of benzene rings is 8. The van der Waals surface area contributed by atoms with Crippen LogP contribution < -0.4 is 4.90 Å². The van der Waals surface area contributed by atoms with Crippen LogP contribution in [0.15, 0.2) is 182 Å². The van der Waals surface area contributed by atoms with Crippen LogP contribution in [0.2, 0.25) is 0 Å². The lowest BCUT2D eigenvalue weighted by molar-refractivity contribution is 0.586. The molecule has 1 spiro atoms. The van der Waals surface area contributed by atoms with Gasteiger partial charge < -0.3 is 4.90 Å². The molecule has 0 N–H and O–H groups in total. The second-order valence-corrected chi connectivity index (χ2v) is 18.8. The zero-order valence-electron chi connectivity index (χ0n) is 35.2. The van der Waals surface area contributed by atoms with Crippen molar-refractivity contribution in [2.45, 2.75) is 57.8 Å². The minimum atomic E-state index is -0.509. The fraction of sp³-hybridized carbons (Fsp3) is 0.155. The largest absolute Gasteiger partial charge is 0.310 e. The Hall–Kier alpha value is -6.77.